The van der Waals surface area contributed by atoms with Gasteiger partial charge in [-0.05, 0) is 54.5 Å². The van der Waals surface area contributed by atoms with E-state index < -0.39 is 0 Å². The van der Waals surface area contributed by atoms with Gasteiger partial charge in [0.25, 0.3) is 0 Å². The number of allylic oxidation sites excluding steroid dienone is 1. The number of hydrogen-bond acceptors (Lipinski definition) is 1. The van der Waals surface area contributed by atoms with Crippen molar-refractivity contribution in [2.45, 2.75) is 33.6 Å². The van der Waals surface area contributed by atoms with Crippen molar-refractivity contribution in [2.75, 3.05) is 6.61 Å². The topological polar surface area (TPSA) is 9.23 Å². The first-order valence-corrected chi connectivity index (χ1v) is 8.12. The van der Waals surface area contributed by atoms with Gasteiger partial charge in [-0.2, -0.15) is 0 Å². The summed E-state index contributed by atoms with van der Waals surface area (Å²) in [6, 6.07) is 20.1. The maximum absolute atomic E-state index is 8.16. The minimum atomic E-state index is 0.114. The molecule has 1 nitrogen and oxygen atoms in total. The molecule has 0 aliphatic carbocycles. The van der Waals surface area contributed by atoms with Gasteiger partial charge in [0.1, 0.15) is 5.75 Å². The predicted molar refractivity (Wildman–Crippen MR) is 98.6 cm³/mol. The Balaban J connectivity index is 1.93. The Labute approximate surface area is 141 Å². The van der Waals surface area contributed by atoms with Gasteiger partial charge in [-0.3, -0.25) is 0 Å². The maximum atomic E-state index is 8.16. The molecule has 0 aromatic heterocycles. The van der Waals surface area contributed by atoms with Crippen molar-refractivity contribution in [3.8, 4) is 5.75 Å². The van der Waals surface area contributed by atoms with E-state index in [9.17, 15) is 0 Å². The van der Waals surface area contributed by atoms with Crippen molar-refractivity contribution in [1.29, 1.82) is 0 Å². The quantitative estimate of drug-likeness (QED) is 0.559. The highest BCUT2D eigenvalue weighted by Crippen LogP contribution is 2.29. The fraction of sp³-hybridized carbons (Fsp3) is 0.318. The SMILES string of the molecule is [2H]C(=C=C(C)CC(C)(C)CCOc1ccccc1)c1ccccc1. The second kappa shape index (κ2) is 8.41. The van der Waals surface area contributed by atoms with Crippen LogP contribution in [0, 0.1) is 5.41 Å². The van der Waals surface area contributed by atoms with Gasteiger partial charge in [0, 0.05) is 0 Å². The van der Waals surface area contributed by atoms with Crippen LogP contribution in [0.25, 0.3) is 6.05 Å². The molecule has 23 heavy (non-hydrogen) atoms. The Morgan fingerprint density at radius 2 is 1.70 bits per heavy atom. The van der Waals surface area contributed by atoms with Gasteiger partial charge in [-0.15, -0.1) is 5.73 Å². The highest BCUT2D eigenvalue weighted by atomic mass is 16.5. The molecule has 0 fully saturated rings. The third kappa shape index (κ3) is 6.59. The Morgan fingerprint density at radius 3 is 2.35 bits per heavy atom. The van der Waals surface area contributed by atoms with Gasteiger partial charge in [-0.1, -0.05) is 62.4 Å². The highest BCUT2D eigenvalue weighted by Gasteiger charge is 2.18. The van der Waals surface area contributed by atoms with E-state index in [1.165, 1.54) is 0 Å². The van der Waals surface area contributed by atoms with E-state index in [1.807, 2.05) is 60.7 Å². The molecule has 0 radical (unpaired) electrons. The summed E-state index contributed by atoms with van der Waals surface area (Å²) in [5.74, 6) is 0.915. The first-order chi connectivity index (χ1) is 11.5. The third-order valence-electron chi connectivity index (χ3n) is 3.73. The van der Waals surface area contributed by atoms with E-state index in [0.29, 0.717) is 12.7 Å². The molecule has 1 heteroatoms. The molecule has 0 aliphatic heterocycles. The molecular weight excluding hydrogens is 280 g/mol. The van der Waals surface area contributed by atoms with Crippen LogP contribution in [0.1, 0.15) is 40.5 Å². The Hall–Kier alpha value is -2.24. The zero-order chi connectivity index (χ0) is 17.4. The maximum Gasteiger partial charge on any atom is 0.119 e. The smallest absolute Gasteiger partial charge is 0.119 e. The molecule has 0 aliphatic rings. The van der Waals surface area contributed by atoms with E-state index in [-0.39, 0.29) is 5.41 Å². The van der Waals surface area contributed by atoms with E-state index in [4.69, 9.17) is 6.11 Å². The largest absolute Gasteiger partial charge is 0.494 e. The molecule has 0 N–H and O–H groups in total. The molecular formula is C22H26O. The van der Waals surface area contributed by atoms with Crippen LogP contribution in [0.3, 0.4) is 0 Å². The van der Waals surface area contributed by atoms with Gasteiger partial charge in [-0.25, -0.2) is 0 Å². The first kappa shape index (κ1) is 15.6. The Bertz CT molecular complexity index is 695. The normalized spacial score (nSPS) is 11.3. The van der Waals surface area contributed by atoms with E-state index >= 15 is 0 Å². The molecule has 2 aromatic carbocycles. The van der Waals surface area contributed by atoms with E-state index in [2.05, 4.69) is 26.5 Å². The van der Waals surface area contributed by atoms with Crippen LogP contribution in [0.4, 0.5) is 0 Å². The van der Waals surface area contributed by atoms with Crippen LogP contribution in [-0.2, 0) is 0 Å². The summed E-state index contributed by atoms with van der Waals surface area (Å²) in [4.78, 5) is 0. The first-order valence-electron chi connectivity index (χ1n) is 8.62. The van der Waals surface area contributed by atoms with Crippen LogP contribution in [0.5, 0.6) is 5.75 Å². The number of para-hydroxylation sites is 1. The summed E-state index contributed by atoms with van der Waals surface area (Å²) >= 11 is 0. The van der Waals surface area contributed by atoms with Crippen molar-refractivity contribution in [3.05, 3.63) is 77.5 Å². The summed E-state index contributed by atoms with van der Waals surface area (Å²) in [6.07, 6.45) is 1.86. The number of ether oxygens (including phenoxy) is 1. The van der Waals surface area contributed by atoms with E-state index in [0.717, 1.165) is 29.7 Å². The summed E-state index contributed by atoms with van der Waals surface area (Å²) in [5, 5.41) is 0. The molecule has 0 spiro atoms. The fourth-order valence-corrected chi connectivity index (χ4v) is 2.51. The third-order valence-corrected chi connectivity index (χ3v) is 3.73. The van der Waals surface area contributed by atoms with Gasteiger partial charge in [0.2, 0.25) is 0 Å². The molecule has 0 saturated heterocycles. The van der Waals surface area contributed by atoms with Crippen LogP contribution in [0.2, 0.25) is 0 Å². The Morgan fingerprint density at radius 1 is 1.09 bits per heavy atom. The standard InChI is InChI=1S/C22H26O/c1-19(14-15-20-10-6-4-7-11-20)18-22(2,3)16-17-23-21-12-8-5-9-13-21/h4-13,15H,16-18H2,1-3H3/i15D. The number of hydrogen-bond donors (Lipinski definition) is 0. The molecule has 0 atom stereocenters. The summed E-state index contributed by atoms with van der Waals surface area (Å²) in [7, 11) is 0. The minimum Gasteiger partial charge on any atom is -0.494 e. The number of benzene rings is 2. The van der Waals surface area contributed by atoms with Crippen LogP contribution in [-0.4, -0.2) is 6.61 Å². The molecule has 2 aromatic rings. The second-order valence-corrected chi connectivity index (χ2v) is 6.65. The monoisotopic (exact) mass is 307 g/mol. The van der Waals surface area contributed by atoms with Gasteiger partial charge in [0.05, 0.1) is 7.98 Å². The predicted octanol–water partition coefficient (Wildman–Crippen LogP) is 6.13. The summed E-state index contributed by atoms with van der Waals surface area (Å²) in [5.41, 5.74) is 5.34. The molecule has 0 unspecified atom stereocenters. The average Bonchev–Trinajstić information content (AvgIpc) is 2.55. The lowest BCUT2D eigenvalue weighted by Gasteiger charge is -2.24. The zero-order valence-corrected chi connectivity index (χ0v) is 14.3. The molecule has 0 saturated carbocycles. The zero-order valence-electron chi connectivity index (χ0n) is 15.3. The molecule has 0 amide bonds. The van der Waals surface area contributed by atoms with Gasteiger partial charge >= 0.3 is 0 Å². The molecule has 2 rings (SSSR count). The van der Waals surface area contributed by atoms with Crippen molar-refractivity contribution in [1.82, 2.24) is 0 Å². The lowest BCUT2D eigenvalue weighted by Crippen LogP contribution is -2.16. The summed E-state index contributed by atoms with van der Waals surface area (Å²) < 4.78 is 14.0. The molecule has 0 bridgehead atoms. The molecule has 120 valence electrons. The van der Waals surface area contributed by atoms with E-state index in [1.54, 1.807) is 0 Å². The second-order valence-electron chi connectivity index (χ2n) is 6.65. The average molecular weight is 307 g/mol. The van der Waals surface area contributed by atoms with Gasteiger partial charge < -0.3 is 4.74 Å². The fourth-order valence-electron chi connectivity index (χ4n) is 2.51. The van der Waals surface area contributed by atoms with Crippen LogP contribution < -0.4 is 4.74 Å². The Kier molecular flexibility index (Phi) is 5.72. The van der Waals surface area contributed by atoms with Crippen LogP contribution >= 0.6 is 0 Å². The summed E-state index contributed by atoms with van der Waals surface area (Å²) in [6.45, 7) is 7.22. The van der Waals surface area contributed by atoms with Crippen molar-refractivity contribution >= 4 is 6.05 Å². The number of rotatable bonds is 7. The lowest BCUT2D eigenvalue weighted by molar-refractivity contribution is 0.227. The van der Waals surface area contributed by atoms with Crippen molar-refractivity contribution in [3.63, 3.8) is 0 Å². The minimum absolute atomic E-state index is 0.114. The molecule has 0 heterocycles. The van der Waals surface area contributed by atoms with Crippen molar-refractivity contribution < 1.29 is 6.11 Å². The van der Waals surface area contributed by atoms with Crippen LogP contribution in [0.15, 0.2) is 72.0 Å². The van der Waals surface area contributed by atoms with Crippen molar-refractivity contribution in [2.24, 2.45) is 5.41 Å². The lowest BCUT2D eigenvalue weighted by atomic mass is 9.83. The van der Waals surface area contributed by atoms with Gasteiger partial charge in [0.15, 0.2) is 0 Å². The highest BCUT2D eigenvalue weighted by molar-refractivity contribution is 5.48.